The van der Waals surface area contributed by atoms with E-state index in [0.717, 1.165) is 9.50 Å². The number of carbonyl (C=O) groups is 2. The van der Waals surface area contributed by atoms with Crippen LogP contribution in [0, 0.1) is 0 Å². The van der Waals surface area contributed by atoms with Crippen molar-refractivity contribution in [2.45, 2.75) is 0 Å². The highest BCUT2D eigenvalue weighted by Gasteiger charge is 2.32. The summed E-state index contributed by atoms with van der Waals surface area (Å²) in [6.45, 7) is 0. The van der Waals surface area contributed by atoms with Crippen LogP contribution in [0.15, 0.2) is 41.0 Å². The second kappa shape index (κ2) is 4.72. The van der Waals surface area contributed by atoms with Gasteiger partial charge in [0.25, 0.3) is 11.8 Å². The molecule has 2 aromatic rings. The zero-order chi connectivity index (χ0) is 14.3. The summed E-state index contributed by atoms with van der Waals surface area (Å²) in [6.07, 6.45) is 0. The Morgan fingerprint density at radius 3 is 2.60 bits per heavy atom. The van der Waals surface area contributed by atoms with E-state index in [0.29, 0.717) is 22.6 Å². The van der Waals surface area contributed by atoms with Crippen molar-refractivity contribution in [3.63, 3.8) is 0 Å². The summed E-state index contributed by atoms with van der Waals surface area (Å²) >= 11 is 3.29. The van der Waals surface area contributed by atoms with Crippen molar-refractivity contribution >= 4 is 39.2 Å². The molecule has 1 N–H and O–H groups in total. The maximum Gasteiger partial charge on any atom is 0.261 e. The minimum Gasteiger partial charge on any atom is -0.340 e. The Kier molecular flexibility index (Phi) is 3.02. The maximum absolute atomic E-state index is 11.9. The predicted octanol–water partition coefficient (Wildman–Crippen LogP) is 2.81. The molecule has 1 aliphatic heterocycles. The summed E-state index contributed by atoms with van der Waals surface area (Å²) in [7, 11) is 1.48. The van der Waals surface area contributed by atoms with Crippen LogP contribution in [-0.4, -0.2) is 28.7 Å². The zero-order valence-electron chi connectivity index (χ0n) is 10.6. The molecule has 5 nitrogen and oxygen atoms in total. The van der Waals surface area contributed by atoms with Crippen LogP contribution in [0.2, 0.25) is 0 Å². The van der Waals surface area contributed by atoms with Gasteiger partial charge in [-0.2, -0.15) is 0 Å². The molecule has 3 rings (SSSR count). The van der Waals surface area contributed by atoms with E-state index in [4.69, 9.17) is 0 Å². The molecule has 1 aliphatic rings. The monoisotopic (exact) mass is 331 g/mol. The first kappa shape index (κ1) is 12.8. The summed E-state index contributed by atoms with van der Waals surface area (Å²) < 4.78 is 0.717. The fraction of sp³-hybridized carbons (Fsp3) is 0.0714. The van der Waals surface area contributed by atoms with E-state index in [9.17, 15) is 9.59 Å². The van der Waals surface area contributed by atoms with Crippen molar-refractivity contribution in [1.29, 1.82) is 0 Å². The number of hydrogen-bond acceptors (Lipinski definition) is 4. The van der Waals surface area contributed by atoms with Crippen LogP contribution in [0.5, 0.6) is 0 Å². The summed E-state index contributed by atoms with van der Waals surface area (Å²) in [5.74, 6) is 0.109. The lowest BCUT2D eigenvalue weighted by molar-refractivity contribution is 0.0693. The van der Waals surface area contributed by atoms with Gasteiger partial charge < -0.3 is 5.32 Å². The van der Waals surface area contributed by atoms with E-state index in [-0.39, 0.29) is 11.8 Å². The number of halogens is 1. The van der Waals surface area contributed by atoms with Crippen molar-refractivity contribution in [3.8, 4) is 0 Å². The van der Waals surface area contributed by atoms with Crippen molar-refractivity contribution in [1.82, 2.24) is 9.88 Å². The quantitative estimate of drug-likeness (QED) is 0.679. The van der Waals surface area contributed by atoms with Gasteiger partial charge in [-0.15, -0.1) is 0 Å². The topological polar surface area (TPSA) is 62.3 Å². The molecule has 6 heteroatoms. The Hall–Kier alpha value is -2.21. The molecular weight excluding hydrogens is 322 g/mol. The number of rotatable bonds is 2. The molecule has 2 heterocycles. The second-order valence-electron chi connectivity index (χ2n) is 4.40. The lowest BCUT2D eigenvalue weighted by atomic mass is 10.1. The van der Waals surface area contributed by atoms with Gasteiger partial charge in [0.05, 0.1) is 11.1 Å². The number of carbonyl (C=O) groups excluding carboxylic acids is 2. The van der Waals surface area contributed by atoms with E-state index in [1.54, 1.807) is 18.2 Å². The highest BCUT2D eigenvalue weighted by molar-refractivity contribution is 9.10. The van der Waals surface area contributed by atoms with E-state index in [1.807, 2.05) is 18.2 Å². The van der Waals surface area contributed by atoms with Gasteiger partial charge in [0.1, 0.15) is 10.4 Å². The van der Waals surface area contributed by atoms with Crippen molar-refractivity contribution < 1.29 is 9.59 Å². The molecule has 0 saturated heterocycles. The molecule has 0 unspecified atom stereocenters. The molecule has 0 aliphatic carbocycles. The number of pyridine rings is 1. The van der Waals surface area contributed by atoms with Crippen LogP contribution in [0.3, 0.4) is 0 Å². The van der Waals surface area contributed by atoms with Crippen LogP contribution in [0.25, 0.3) is 0 Å². The van der Waals surface area contributed by atoms with Crippen LogP contribution in [-0.2, 0) is 0 Å². The van der Waals surface area contributed by atoms with Gasteiger partial charge in [-0.05, 0) is 46.3 Å². The van der Waals surface area contributed by atoms with Gasteiger partial charge in [0, 0.05) is 12.7 Å². The average Bonchev–Trinajstić information content (AvgIpc) is 2.64. The fourth-order valence-corrected chi connectivity index (χ4v) is 2.41. The SMILES string of the molecule is CN1C(=O)c2ccc(Nc3cccc(Br)n3)cc2C1=O. The third-order valence-corrected chi connectivity index (χ3v) is 3.52. The number of fused-ring (bicyclic) bond motifs is 1. The third-order valence-electron chi connectivity index (χ3n) is 3.08. The molecule has 0 radical (unpaired) electrons. The molecule has 1 aromatic carbocycles. The lowest BCUT2D eigenvalue weighted by Gasteiger charge is -2.06. The van der Waals surface area contributed by atoms with Crippen LogP contribution in [0.1, 0.15) is 20.7 Å². The van der Waals surface area contributed by atoms with E-state index >= 15 is 0 Å². The second-order valence-corrected chi connectivity index (χ2v) is 5.21. The van der Waals surface area contributed by atoms with Crippen LogP contribution >= 0.6 is 15.9 Å². The van der Waals surface area contributed by atoms with Crippen LogP contribution in [0.4, 0.5) is 11.5 Å². The molecular formula is C14H10BrN3O2. The van der Waals surface area contributed by atoms with Gasteiger partial charge in [-0.1, -0.05) is 6.07 Å². The number of anilines is 2. The van der Waals surface area contributed by atoms with E-state index < -0.39 is 0 Å². The summed E-state index contributed by atoms with van der Waals surface area (Å²) in [6, 6.07) is 10.6. The number of aromatic nitrogens is 1. The van der Waals surface area contributed by atoms with Crippen molar-refractivity contribution in [2.24, 2.45) is 0 Å². The average molecular weight is 332 g/mol. The molecule has 20 heavy (non-hydrogen) atoms. The number of amides is 2. The van der Waals surface area contributed by atoms with E-state index in [2.05, 4.69) is 26.2 Å². The minimum atomic E-state index is -0.282. The Morgan fingerprint density at radius 1 is 1.10 bits per heavy atom. The van der Waals surface area contributed by atoms with Gasteiger partial charge in [0.2, 0.25) is 0 Å². The largest absolute Gasteiger partial charge is 0.340 e. The molecule has 100 valence electrons. The first-order valence-electron chi connectivity index (χ1n) is 5.92. The molecule has 0 bridgehead atoms. The smallest absolute Gasteiger partial charge is 0.261 e. The van der Waals surface area contributed by atoms with Gasteiger partial charge >= 0.3 is 0 Å². The van der Waals surface area contributed by atoms with Crippen molar-refractivity contribution in [2.75, 3.05) is 12.4 Å². The molecule has 0 saturated carbocycles. The van der Waals surface area contributed by atoms with Crippen LogP contribution < -0.4 is 5.32 Å². The Bertz CT molecular complexity index is 730. The Morgan fingerprint density at radius 2 is 1.85 bits per heavy atom. The number of nitrogens with zero attached hydrogens (tertiary/aromatic N) is 2. The molecule has 2 amide bonds. The van der Waals surface area contributed by atoms with E-state index in [1.165, 1.54) is 7.05 Å². The molecule has 0 atom stereocenters. The summed E-state index contributed by atoms with van der Waals surface area (Å²) in [5, 5.41) is 3.10. The first-order valence-corrected chi connectivity index (χ1v) is 6.71. The first-order chi connectivity index (χ1) is 9.56. The van der Waals surface area contributed by atoms with Gasteiger partial charge in [-0.3, -0.25) is 14.5 Å². The lowest BCUT2D eigenvalue weighted by Crippen LogP contribution is -2.24. The fourth-order valence-electron chi connectivity index (χ4n) is 2.06. The number of imide groups is 1. The van der Waals surface area contributed by atoms with Gasteiger partial charge in [-0.25, -0.2) is 4.98 Å². The third kappa shape index (κ3) is 2.08. The van der Waals surface area contributed by atoms with Crippen molar-refractivity contribution in [3.05, 3.63) is 52.1 Å². The number of hydrogen-bond donors (Lipinski definition) is 1. The number of benzene rings is 1. The van der Waals surface area contributed by atoms with Gasteiger partial charge in [0.15, 0.2) is 0 Å². The maximum atomic E-state index is 11.9. The molecule has 1 aromatic heterocycles. The normalized spacial score (nSPS) is 13.6. The summed E-state index contributed by atoms with van der Waals surface area (Å²) in [4.78, 5) is 29.1. The minimum absolute atomic E-state index is 0.267. The highest BCUT2D eigenvalue weighted by atomic mass is 79.9. The Labute approximate surface area is 123 Å². The molecule has 0 fully saturated rings. The predicted molar refractivity (Wildman–Crippen MR) is 78.1 cm³/mol. The molecule has 0 spiro atoms. The summed E-state index contributed by atoms with van der Waals surface area (Å²) in [5.41, 5.74) is 1.56. The highest BCUT2D eigenvalue weighted by Crippen LogP contribution is 2.26. The number of nitrogens with one attached hydrogen (secondary N) is 1. The zero-order valence-corrected chi connectivity index (χ0v) is 12.1. The Balaban J connectivity index is 1.95. The standard InChI is InChI=1S/C14H10BrN3O2/c1-18-13(19)9-6-5-8(7-10(9)14(18)20)16-12-4-2-3-11(15)17-12/h2-7H,1H3,(H,16,17).